The minimum atomic E-state index is -0.317. The van der Waals surface area contributed by atoms with Crippen LogP contribution in [0, 0.1) is 6.92 Å². The van der Waals surface area contributed by atoms with Crippen molar-refractivity contribution in [1.82, 2.24) is 9.55 Å². The lowest BCUT2D eigenvalue weighted by molar-refractivity contribution is -0.116. The molecule has 0 aliphatic rings. The zero-order valence-electron chi connectivity index (χ0n) is 12.7. The molecule has 0 fully saturated rings. The second-order valence-electron chi connectivity index (χ2n) is 5.42. The Kier molecular flexibility index (Phi) is 3.89. The van der Waals surface area contributed by atoms with Gasteiger partial charge < -0.3 is 20.0 Å². The van der Waals surface area contributed by atoms with Gasteiger partial charge >= 0.3 is 0 Å². The molecule has 0 radical (unpaired) electrons. The van der Waals surface area contributed by atoms with Crippen molar-refractivity contribution >= 4 is 22.5 Å². The summed E-state index contributed by atoms with van der Waals surface area (Å²) >= 11 is 0. The fourth-order valence-corrected chi connectivity index (χ4v) is 2.56. The number of H-pyrrole nitrogens is 1. The molecule has 0 aliphatic heterocycles. The minimum absolute atomic E-state index is 0.0625. The number of carbonyl (C=O) groups is 1. The lowest BCUT2D eigenvalue weighted by Crippen LogP contribution is -2.24. The van der Waals surface area contributed by atoms with Crippen LogP contribution in [0.3, 0.4) is 0 Å². The number of aryl methyl sites for hydroxylation is 1. The highest BCUT2D eigenvalue weighted by Crippen LogP contribution is 2.17. The molecule has 0 aliphatic carbocycles. The van der Waals surface area contributed by atoms with Gasteiger partial charge in [-0.3, -0.25) is 9.59 Å². The van der Waals surface area contributed by atoms with Crippen LogP contribution in [0.25, 0.3) is 10.9 Å². The molecule has 0 unspecified atom stereocenters. The van der Waals surface area contributed by atoms with Crippen LogP contribution >= 0.6 is 0 Å². The molecule has 6 nitrogen and oxygen atoms in total. The predicted octanol–water partition coefficient (Wildman–Crippen LogP) is 2.37. The molecule has 0 saturated heterocycles. The predicted molar refractivity (Wildman–Crippen MR) is 88.6 cm³/mol. The SMILES string of the molecule is Cc1cc(O)cc(=O)n1CCC(=O)Nc1ccc2cc[nH]c2c1. The van der Waals surface area contributed by atoms with E-state index < -0.39 is 0 Å². The molecule has 2 aromatic heterocycles. The summed E-state index contributed by atoms with van der Waals surface area (Å²) in [4.78, 5) is 27.0. The number of pyridine rings is 1. The van der Waals surface area contributed by atoms with Gasteiger partial charge in [0.15, 0.2) is 0 Å². The van der Waals surface area contributed by atoms with E-state index in [-0.39, 0.29) is 30.2 Å². The fraction of sp³-hybridized carbons (Fsp3) is 0.176. The topological polar surface area (TPSA) is 87.1 Å². The number of hydrogen-bond donors (Lipinski definition) is 3. The Morgan fingerprint density at radius 1 is 1.26 bits per heavy atom. The van der Waals surface area contributed by atoms with E-state index in [0.717, 1.165) is 17.0 Å². The van der Waals surface area contributed by atoms with E-state index in [1.807, 2.05) is 30.5 Å². The maximum atomic E-state index is 12.1. The standard InChI is InChI=1S/C17H17N3O3/c1-11-8-14(21)10-17(23)20(11)7-5-16(22)19-13-3-2-12-4-6-18-15(12)9-13/h2-4,6,8-10,18,21H,5,7H2,1H3,(H,19,22). The number of amides is 1. The molecule has 0 saturated carbocycles. The Morgan fingerprint density at radius 3 is 2.87 bits per heavy atom. The van der Waals surface area contributed by atoms with Crippen molar-refractivity contribution in [1.29, 1.82) is 0 Å². The number of aromatic hydroxyl groups is 1. The van der Waals surface area contributed by atoms with Crippen molar-refractivity contribution in [2.24, 2.45) is 0 Å². The Bertz CT molecular complexity index is 924. The van der Waals surface area contributed by atoms with Crippen LogP contribution in [0.1, 0.15) is 12.1 Å². The highest BCUT2D eigenvalue weighted by molar-refractivity contribution is 5.93. The first-order chi connectivity index (χ1) is 11.0. The molecule has 6 heteroatoms. The highest BCUT2D eigenvalue weighted by atomic mass is 16.3. The molecule has 23 heavy (non-hydrogen) atoms. The van der Waals surface area contributed by atoms with E-state index in [9.17, 15) is 14.7 Å². The third-order valence-electron chi connectivity index (χ3n) is 3.72. The second-order valence-corrected chi connectivity index (χ2v) is 5.42. The molecule has 2 heterocycles. The van der Waals surface area contributed by atoms with Gasteiger partial charge in [-0.25, -0.2) is 0 Å². The lowest BCUT2D eigenvalue weighted by atomic mass is 10.2. The van der Waals surface area contributed by atoms with Crippen LogP contribution in [0.4, 0.5) is 5.69 Å². The molecule has 0 spiro atoms. The summed E-state index contributed by atoms with van der Waals surface area (Å²) in [5, 5.41) is 13.3. The zero-order chi connectivity index (χ0) is 16.4. The first-order valence-electron chi connectivity index (χ1n) is 7.30. The molecule has 1 amide bonds. The summed E-state index contributed by atoms with van der Waals surface area (Å²) in [6.45, 7) is 1.99. The second kappa shape index (κ2) is 6.00. The Hall–Kier alpha value is -3.02. The van der Waals surface area contributed by atoms with E-state index in [0.29, 0.717) is 11.4 Å². The smallest absolute Gasteiger partial charge is 0.254 e. The first-order valence-corrected chi connectivity index (χ1v) is 7.30. The van der Waals surface area contributed by atoms with Crippen molar-refractivity contribution in [2.45, 2.75) is 19.9 Å². The van der Waals surface area contributed by atoms with Crippen molar-refractivity contribution in [3.63, 3.8) is 0 Å². The summed E-state index contributed by atoms with van der Waals surface area (Å²) in [5.41, 5.74) is 1.96. The van der Waals surface area contributed by atoms with Gasteiger partial charge in [0.05, 0.1) is 0 Å². The van der Waals surface area contributed by atoms with E-state index in [1.165, 1.54) is 10.6 Å². The van der Waals surface area contributed by atoms with Crippen LogP contribution in [0.2, 0.25) is 0 Å². The summed E-state index contributed by atoms with van der Waals surface area (Å²) in [5.74, 6) is -0.234. The van der Waals surface area contributed by atoms with Gasteiger partial charge in [0.25, 0.3) is 5.56 Å². The van der Waals surface area contributed by atoms with E-state index in [2.05, 4.69) is 10.3 Å². The lowest BCUT2D eigenvalue weighted by Gasteiger charge is -2.10. The van der Waals surface area contributed by atoms with Crippen LogP contribution in [-0.4, -0.2) is 20.6 Å². The number of aromatic nitrogens is 2. The van der Waals surface area contributed by atoms with E-state index >= 15 is 0 Å². The summed E-state index contributed by atoms with van der Waals surface area (Å²) in [6, 6.07) is 10.2. The molecule has 1 aromatic carbocycles. The maximum absolute atomic E-state index is 12.1. The number of hydrogen-bond acceptors (Lipinski definition) is 3. The number of nitrogens with one attached hydrogen (secondary N) is 2. The van der Waals surface area contributed by atoms with Crippen LogP contribution < -0.4 is 10.9 Å². The molecular formula is C17H17N3O3. The molecule has 3 N–H and O–H groups in total. The minimum Gasteiger partial charge on any atom is -0.508 e. The van der Waals surface area contributed by atoms with E-state index in [4.69, 9.17) is 0 Å². The number of carbonyl (C=O) groups excluding carboxylic acids is 1. The Labute approximate surface area is 132 Å². The van der Waals surface area contributed by atoms with Gasteiger partial charge in [0, 0.05) is 42.1 Å². The van der Waals surface area contributed by atoms with Crippen LogP contribution in [-0.2, 0) is 11.3 Å². The zero-order valence-corrected chi connectivity index (χ0v) is 12.7. The van der Waals surface area contributed by atoms with Crippen molar-refractivity contribution in [3.05, 3.63) is 58.6 Å². The summed E-state index contributed by atoms with van der Waals surface area (Å²) < 4.78 is 1.47. The third kappa shape index (κ3) is 3.26. The fourth-order valence-electron chi connectivity index (χ4n) is 2.56. The number of anilines is 1. The number of rotatable bonds is 4. The van der Waals surface area contributed by atoms with Gasteiger partial charge in [-0.15, -0.1) is 0 Å². The average Bonchev–Trinajstić information content (AvgIpc) is 2.93. The van der Waals surface area contributed by atoms with Crippen LogP contribution in [0.15, 0.2) is 47.4 Å². The number of aromatic amines is 1. The quantitative estimate of drug-likeness (QED) is 0.691. The summed E-state index contributed by atoms with van der Waals surface area (Å²) in [7, 11) is 0. The highest BCUT2D eigenvalue weighted by Gasteiger charge is 2.07. The molecular weight excluding hydrogens is 294 g/mol. The molecule has 0 bridgehead atoms. The van der Waals surface area contributed by atoms with Crippen molar-refractivity contribution in [2.75, 3.05) is 5.32 Å². The largest absolute Gasteiger partial charge is 0.508 e. The summed E-state index contributed by atoms with van der Waals surface area (Å²) in [6.07, 6.45) is 2.02. The van der Waals surface area contributed by atoms with Crippen molar-refractivity contribution < 1.29 is 9.90 Å². The average molecular weight is 311 g/mol. The monoisotopic (exact) mass is 311 g/mol. The Morgan fingerprint density at radius 2 is 2.09 bits per heavy atom. The number of nitrogens with zero attached hydrogens (tertiary/aromatic N) is 1. The van der Waals surface area contributed by atoms with Gasteiger partial charge in [-0.05, 0) is 36.6 Å². The van der Waals surface area contributed by atoms with Crippen molar-refractivity contribution in [3.8, 4) is 5.75 Å². The number of fused-ring (bicyclic) bond motifs is 1. The normalized spacial score (nSPS) is 10.8. The van der Waals surface area contributed by atoms with Gasteiger partial charge in [-0.1, -0.05) is 6.07 Å². The third-order valence-corrected chi connectivity index (χ3v) is 3.72. The van der Waals surface area contributed by atoms with E-state index in [1.54, 1.807) is 6.92 Å². The maximum Gasteiger partial charge on any atom is 0.254 e. The first kappa shape index (κ1) is 14.9. The van der Waals surface area contributed by atoms with Gasteiger partial charge in [0.1, 0.15) is 5.75 Å². The number of benzene rings is 1. The molecule has 3 rings (SSSR count). The van der Waals surface area contributed by atoms with Gasteiger partial charge in [-0.2, -0.15) is 0 Å². The molecule has 0 atom stereocenters. The van der Waals surface area contributed by atoms with Gasteiger partial charge in [0.2, 0.25) is 5.91 Å². The van der Waals surface area contributed by atoms with Crippen LogP contribution in [0.5, 0.6) is 5.75 Å². The Balaban J connectivity index is 1.67. The molecule has 118 valence electrons. The molecule has 3 aromatic rings.